The number of aromatic nitrogens is 2. The third-order valence-electron chi connectivity index (χ3n) is 5.40. The summed E-state index contributed by atoms with van der Waals surface area (Å²) in [6.07, 6.45) is 1.34. The zero-order valence-corrected chi connectivity index (χ0v) is 19.0. The molecule has 3 heterocycles. The molecule has 0 bridgehead atoms. The second-order valence-electron chi connectivity index (χ2n) is 8.46. The number of nitrogens with one attached hydrogen (secondary N) is 1. The molecule has 1 aliphatic heterocycles. The van der Waals surface area contributed by atoms with Crippen LogP contribution in [0.2, 0.25) is 0 Å². The van der Waals surface area contributed by atoms with Crippen LogP contribution in [0.3, 0.4) is 0 Å². The molecule has 1 fully saturated rings. The largest absolute Gasteiger partial charge is 0.374 e. The monoisotopic (exact) mass is 458 g/mol. The molecule has 1 unspecified atom stereocenters. The van der Waals surface area contributed by atoms with Gasteiger partial charge in [-0.3, -0.25) is 19.1 Å². The Kier molecular flexibility index (Phi) is 6.98. The Morgan fingerprint density at radius 3 is 2.88 bits per heavy atom. The van der Waals surface area contributed by atoms with E-state index in [0.717, 1.165) is 25.2 Å². The van der Waals surface area contributed by atoms with Gasteiger partial charge in [-0.1, -0.05) is 26.0 Å². The third-order valence-corrected chi connectivity index (χ3v) is 6.29. The van der Waals surface area contributed by atoms with Crippen LogP contribution in [0, 0.1) is 11.7 Å². The number of nitrogens with zero attached hydrogens (tertiary/aromatic N) is 3. The van der Waals surface area contributed by atoms with E-state index in [2.05, 4.69) is 29.0 Å². The molecular weight excluding hydrogens is 431 g/mol. The summed E-state index contributed by atoms with van der Waals surface area (Å²) in [7, 11) is 0. The Morgan fingerprint density at radius 2 is 2.12 bits per heavy atom. The molecule has 1 saturated heterocycles. The first-order valence-corrected chi connectivity index (χ1v) is 11.6. The zero-order valence-electron chi connectivity index (χ0n) is 18.2. The molecule has 0 spiro atoms. The van der Waals surface area contributed by atoms with E-state index in [9.17, 15) is 14.0 Å². The van der Waals surface area contributed by atoms with E-state index in [0.29, 0.717) is 34.8 Å². The van der Waals surface area contributed by atoms with Crippen LogP contribution >= 0.6 is 11.3 Å². The van der Waals surface area contributed by atoms with Gasteiger partial charge in [0.05, 0.1) is 24.4 Å². The first-order chi connectivity index (χ1) is 15.4. The molecule has 32 heavy (non-hydrogen) atoms. The molecule has 0 aliphatic carbocycles. The van der Waals surface area contributed by atoms with E-state index in [1.54, 1.807) is 12.1 Å². The minimum absolute atomic E-state index is 0.0641. The van der Waals surface area contributed by atoms with Crippen molar-refractivity contribution in [3.8, 4) is 11.1 Å². The van der Waals surface area contributed by atoms with Gasteiger partial charge in [0.1, 0.15) is 17.2 Å². The topological polar surface area (TPSA) is 76.5 Å². The lowest BCUT2D eigenvalue weighted by atomic mass is 10.1. The van der Waals surface area contributed by atoms with Crippen molar-refractivity contribution in [3.05, 3.63) is 52.1 Å². The Bertz CT molecular complexity index is 1140. The molecule has 7 nitrogen and oxygen atoms in total. The number of hydrogen-bond donors (Lipinski definition) is 1. The lowest BCUT2D eigenvalue weighted by molar-refractivity contribution is -0.123. The highest BCUT2D eigenvalue weighted by Gasteiger charge is 2.22. The number of halogens is 1. The zero-order chi connectivity index (χ0) is 22.7. The van der Waals surface area contributed by atoms with Gasteiger partial charge in [-0.15, -0.1) is 11.3 Å². The number of fused-ring (bicyclic) bond motifs is 1. The van der Waals surface area contributed by atoms with Crippen LogP contribution in [0.1, 0.15) is 13.8 Å². The molecule has 1 aromatic carbocycles. The number of thiophene rings is 1. The highest BCUT2D eigenvalue weighted by atomic mass is 32.1. The van der Waals surface area contributed by atoms with Crippen molar-refractivity contribution in [1.29, 1.82) is 0 Å². The van der Waals surface area contributed by atoms with E-state index < -0.39 is 0 Å². The van der Waals surface area contributed by atoms with E-state index in [1.165, 1.54) is 34.4 Å². The second kappa shape index (κ2) is 9.89. The fourth-order valence-electron chi connectivity index (χ4n) is 3.95. The lowest BCUT2D eigenvalue weighted by Gasteiger charge is -2.33. The fourth-order valence-corrected chi connectivity index (χ4v) is 4.85. The number of ether oxygens (including phenoxy) is 1. The van der Waals surface area contributed by atoms with Gasteiger partial charge < -0.3 is 10.1 Å². The van der Waals surface area contributed by atoms with Crippen molar-refractivity contribution >= 4 is 27.5 Å². The molecule has 9 heteroatoms. The van der Waals surface area contributed by atoms with E-state index in [1.807, 2.05) is 5.38 Å². The minimum atomic E-state index is -0.338. The minimum Gasteiger partial charge on any atom is -0.374 e. The number of carbonyl (C=O) groups is 1. The van der Waals surface area contributed by atoms with Gasteiger partial charge in [0.25, 0.3) is 5.56 Å². The molecule has 170 valence electrons. The molecule has 0 radical (unpaired) electrons. The SMILES string of the molecule is CC(C)CN1CCOC(CNC(=O)Cn2cnc3scc(-c4ccc(F)cc4)c3c2=O)C1. The van der Waals surface area contributed by atoms with Crippen LogP contribution in [0.5, 0.6) is 0 Å². The first-order valence-electron chi connectivity index (χ1n) is 10.7. The van der Waals surface area contributed by atoms with Crippen molar-refractivity contribution in [2.45, 2.75) is 26.5 Å². The number of benzene rings is 1. The quantitative estimate of drug-likeness (QED) is 0.589. The van der Waals surface area contributed by atoms with Crippen molar-refractivity contribution in [1.82, 2.24) is 19.8 Å². The van der Waals surface area contributed by atoms with Gasteiger partial charge in [-0.25, -0.2) is 9.37 Å². The predicted molar refractivity (Wildman–Crippen MR) is 123 cm³/mol. The fraction of sp³-hybridized carbons (Fsp3) is 0.435. The Morgan fingerprint density at radius 1 is 1.34 bits per heavy atom. The third kappa shape index (κ3) is 5.23. The van der Waals surface area contributed by atoms with Crippen LogP contribution in [-0.2, 0) is 16.1 Å². The van der Waals surface area contributed by atoms with Gasteiger partial charge >= 0.3 is 0 Å². The molecule has 1 N–H and O–H groups in total. The van der Waals surface area contributed by atoms with E-state index >= 15 is 0 Å². The predicted octanol–water partition coefficient (Wildman–Crippen LogP) is 2.74. The summed E-state index contributed by atoms with van der Waals surface area (Å²) < 4.78 is 20.4. The number of morpholine rings is 1. The van der Waals surface area contributed by atoms with Gasteiger partial charge in [0.15, 0.2) is 0 Å². The number of hydrogen-bond acceptors (Lipinski definition) is 6. The Hall–Kier alpha value is -2.62. The molecule has 1 atom stereocenters. The van der Waals surface area contributed by atoms with Crippen molar-refractivity contribution in [2.75, 3.05) is 32.8 Å². The highest BCUT2D eigenvalue weighted by Crippen LogP contribution is 2.30. The van der Waals surface area contributed by atoms with Crippen LogP contribution in [0.25, 0.3) is 21.3 Å². The number of rotatable bonds is 7. The maximum atomic E-state index is 13.3. The van der Waals surface area contributed by atoms with E-state index in [-0.39, 0.29) is 29.9 Å². The summed E-state index contributed by atoms with van der Waals surface area (Å²) in [6.45, 7) is 7.99. The van der Waals surface area contributed by atoms with E-state index in [4.69, 9.17) is 4.74 Å². The first kappa shape index (κ1) is 22.6. The lowest BCUT2D eigenvalue weighted by Crippen LogP contribution is -2.48. The molecular formula is C23H27FN4O3S. The summed E-state index contributed by atoms with van der Waals surface area (Å²) in [4.78, 5) is 32.9. The Balaban J connectivity index is 1.43. The van der Waals surface area contributed by atoms with Crippen LogP contribution in [-0.4, -0.2) is 59.2 Å². The standard InChI is InChI=1S/C23H27FN4O3S/c1-15(2)10-27-7-8-31-18(11-27)9-25-20(29)12-28-14-26-22-21(23(28)30)19(13-32-22)16-3-5-17(24)6-4-16/h3-6,13-15,18H,7-12H2,1-2H3,(H,25,29). The van der Waals surface area contributed by atoms with Crippen molar-refractivity contribution in [3.63, 3.8) is 0 Å². The Labute approximate surface area is 189 Å². The van der Waals surface area contributed by atoms with Gasteiger partial charge in [-0.2, -0.15) is 0 Å². The maximum Gasteiger partial charge on any atom is 0.263 e. The van der Waals surface area contributed by atoms with Gasteiger partial charge in [0.2, 0.25) is 5.91 Å². The van der Waals surface area contributed by atoms with Gasteiger partial charge in [-0.05, 0) is 23.6 Å². The smallest absolute Gasteiger partial charge is 0.263 e. The normalized spacial score (nSPS) is 17.2. The van der Waals surface area contributed by atoms with Gasteiger partial charge in [0, 0.05) is 37.1 Å². The summed E-state index contributed by atoms with van der Waals surface area (Å²) >= 11 is 1.35. The maximum absolute atomic E-state index is 13.3. The average molecular weight is 459 g/mol. The average Bonchev–Trinajstić information content (AvgIpc) is 3.19. The molecule has 2 aromatic heterocycles. The second-order valence-corrected chi connectivity index (χ2v) is 9.32. The summed E-state index contributed by atoms with van der Waals surface area (Å²) in [5.41, 5.74) is 1.14. The van der Waals surface area contributed by atoms with Crippen molar-refractivity contribution in [2.24, 2.45) is 5.92 Å². The number of carbonyl (C=O) groups excluding carboxylic acids is 1. The van der Waals surface area contributed by atoms with Crippen LogP contribution < -0.4 is 10.9 Å². The van der Waals surface area contributed by atoms with Crippen LogP contribution in [0.4, 0.5) is 4.39 Å². The molecule has 1 aliphatic rings. The summed E-state index contributed by atoms with van der Waals surface area (Å²) in [6, 6.07) is 5.98. The van der Waals surface area contributed by atoms with Crippen molar-refractivity contribution < 1.29 is 13.9 Å². The molecule has 1 amide bonds. The van der Waals surface area contributed by atoms with Crippen LogP contribution in [0.15, 0.2) is 40.8 Å². The number of amides is 1. The summed E-state index contributed by atoms with van der Waals surface area (Å²) in [5, 5.41) is 5.15. The molecule has 0 saturated carbocycles. The molecule has 4 rings (SSSR count). The summed E-state index contributed by atoms with van der Waals surface area (Å²) in [5.74, 6) is -0.0271. The highest BCUT2D eigenvalue weighted by molar-refractivity contribution is 7.17. The molecule has 3 aromatic rings.